The molecule has 306 valence electrons. The highest BCUT2D eigenvalue weighted by Gasteiger charge is 2.27. The number of likely N-dealkylation sites (N-methyl/N-ethyl adjacent to an activating group) is 1. The van der Waals surface area contributed by atoms with Crippen LogP contribution >= 0.6 is 7.82 Å². The Bertz CT molecular complexity index is 948. The number of aliphatic hydroxyl groups excluding tert-OH is 1. The first-order valence-electron chi connectivity index (χ1n) is 21.4. The van der Waals surface area contributed by atoms with E-state index < -0.39 is 20.0 Å². The van der Waals surface area contributed by atoms with E-state index in [4.69, 9.17) is 9.05 Å². The number of allylic oxidation sites excluding steroid dienone is 5. The molecule has 0 bridgehead atoms. The van der Waals surface area contributed by atoms with Crippen LogP contribution in [0.2, 0.25) is 0 Å². The normalized spacial score (nSPS) is 14.8. The molecule has 0 radical (unpaired) electrons. The Morgan fingerprint density at radius 3 is 1.54 bits per heavy atom. The van der Waals surface area contributed by atoms with Gasteiger partial charge in [0.05, 0.1) is 39.9 Å². The summed E-state index contributed by atoms with van der Waals surface area (Å²) in [6.45, 7) is 4.76. The molecule has 0 heterocycles. The van der Waals surface area contributed by atoms with Gasteiger partial charge in [0.1, 0.15) is 13.2 Å². The second kappa shape index (κ2) is 35.4. The van der Waals surface area contributed by atoms with E-state index >= 15 is 0 Å². The van der Waals surface area contributed by atoms with Gasteiger partial charge in [-0.25, -0.2) is 4.57 Å². The minimum Gasteiger partial charge on any atom is -0.387 e. The Kier molecular flexibility index (Phi) is 34.6. The molecule has 0 aromatic rings. The number of hydrogen-bond donors (Lipinski definition) is 3. The Labute approximate surface area is 321 Å². The smallest absolute Gasteiger partial charge is 0.387 e. The summed E-state index contributed by atoms with van der Waals surface area (Å²) in [5, 5.41) is 13.8. The van der Waals surface area contributed by atoms with Gasteiger partial charge in [-0.15, -0.1) is 0 Å². The SMILES string of the molecule is CCCCCCCCC/C=C\CCCCCCCC(=O)NC(COP(=O)(O)OCC[N+](C)(C)C)C(O)/C=C/CC/C=C/CCCCCCCCCC. The molecule has 0 fully saturated rings. The molecule has 1 amide bonds. The van der Waals surface area contributed by atoms with Crippen molar-refractivity contribution in [1.82, 2.24) is 5.32 Å². The molecule has 0 aliphatic rings. The van der Waals surface area contributed by atoms with E-state index in [9.17, 15) is 19.4 Å². The number of hydrogen-bond acceptors (Lipinski definition) is 5. The molecule has 0 rings (SSSR count). The van der Waals surface area contributed by atoms with Gasteiger partial charge in [-0.3, -0.25) is 13.8 Å². The zero-order chi connectivity index (χ0) is 38.6. The number of unbranched alkanes of at least 4 members (excludes halogenated alkanes) is 21. The van der Waals surface area contributed by atoms with Crippen molar-refractivity contribution in [1.29, 1.82) is 0 Å². The highest BCUT2D eigenvalue weighted by Crippen LogP contribution is 2.43. The molecule has 3 unspecified atom stereocenters. The Morgan fingerprint density at radius 1 is 0.635 bits per heavy atom. The van der Waals surface area contributed by atoms with Crippen molar-refractivity contribution in [3.05, 3.63) is 36.5 Å². The molecular formula is C43H84N2O6P+. The molecule has 0 aliphatic carbocycles. The first-order valence-corrected chi connectivity index (χ1v) is 22.9. The summed E-state index contributed by atoms with van der Waals surface area (Å²) < 4.78 is 23.5. The van der Waals surface area contributed by atoms with Gasteiger partial charge in [-0.05, 0) is 57.8 Å². The van der Waals surface area contributed by atoms with E-state index in [0.29, 0.717) is 17.4 Å². The fourth-order valence-corrected chi connectivity index (χ4v) is 6.61. The van der Waals surface area contributed by atoms with E-state index in [-0.39, 0.29) is 19.1 Å². The topological polar surface area (TPSA) is 105 Å². The molecular weight excluding hydrogens is 671 g/mol. The molecule has 52 heavy (non-hydrogen) atoms. The second-order valence-electron chi connectivity index (χ2n) is 15.7. The molecule has 0 aromatic carbocycles. The largest absolute Gasteiger partial charge is 0.472 e. The number of carbonyl (C=O) groups is 1. The van der Waals surface area contributed by atoms with E-state index in [1.54, 1.807) is 6.08 Å². The standard InChI is InChI=1S/C43H83N2O6P/c1-6-8-10-12-14-16-18-20-22-23-25-27-29-31-33-35-37-43(47)44-41(40-51-52(48,49)50-39-38-45(3,4)5)42(46)36-34-32-30-28-26-24-21-19-17-15-13-11-9-7-2/h22-23,26,28,34,36,41-42,46H,6-21,24-25,27,29-33,35,37-40H2,1-5H3,(H-,44,47,48,49)/p+1/b23-22-,28-26+,36-34+. The van der Waals surface area contributed by atoms with Gasteiger partial charge in [0.25, 0.3) is 0 Å². The van der Waals surface area contributed by atoms with Gasteiger partial charge in [0.2, 0.25) is 5.91 Å². The van der Waals surface area contributed by atoms with Crippen LogP contribution in [0.1, 0.15) is 181 Å². The monoisotopic (exact) mass is 756 g/mol. The minimum absolute atomic E-state index is 0.0544. The number of phosphoric acid groups is 1. The third-order valence-corrected chi connectivity index (χ3v) is 10.3. The lowest BCUT2D eigenvalue weighted by Gasteiger charge is -2.25. The Balaban J connectivity index is 4.52. The zero-order valence-corrected chi connectivity index (χ0v) is 35.4. The van der Waals surface area contributed by atoms with Crippen molar-refractivity contribution in [3.63, 3.8) is 0 Å². The van der Waals surface area contributed by atoms with E-state index in [2.05, 4.69) is 43.5 Å². The van der Waals surface area contributed by atoms with Crippen LogP contribution in [0.5, 0.6) is 0 Å². The maximum absolute atomic E-state index is 12.8. The maximum atomic E-state index is 12.8. The van der Waals surface area contributed by atoms with Crippen molar-refractivity contribution in [3.8, 4) is 0 Å². The number of aliphatic hydroxyl groups is 1. The van der Waals surface area contributed by atoms with Crippen molar-refractivity contribution < 1.29 is 32.9 Å². The maximum Gasteiger partial charge on any atom is 0.472 e. The quantitative estimate of drug-likeness (QED) is 0.0251. The van der Waals surface area contributed by atoms with Crippen LogP contribution in [0, 0.1) is 0 Å². The third-order valence-electron chi connectivity index (χ3n) is 9.33. The molecule has 0 saturated carbocycles. The van der Waals surface area contributed by atoms with E-state index in [0.717, 1.165) is 51.4 Å². The van der Waals surface area contributed by atoms with Crippen LogP contribution in [0.15, 0.2) is 36.5 Å². The summed E-state index contributed by atoms with van der Waals surface area (Å²) in [4.78, 5) is 23.1. The summed E-state index contributed by atoms with van der Waals surface area (Å²) in [5.74, 6) is -0.197. The van der Waals surface area contributed by atoms with Crippen LogP contribution < -0.4 is 5.32 Å². The minimum atomic E-state index is -4.34. The third kappa shape index (κ3) is 37.1. The fraction of sp³-hybridized carbons (Fsp3) is 0.837. The molecule has 0 aromatic heterocycles. The first kappa shape index (κ1) is 50.7. The lowest BCUT2D eigenvalue weighted by atomic mass is 10.1. The summed E-state index contributed by atoms with van der Waals surface area (Å²) in [5.41, 5.74) is 0. The van der Waals surface area contributed by atoms with Gasteiger partial charge in [-0.1, -0.05) is 153 Å². The molecule has 3 atom stereocenters. The van der Waals surface area contributed by atoms with Crippen molar-refractivity contribution >= 4 is 13.7 Å². The van der Waals surface area contributed by atoms with Crippen LogP contribution in [-0.2, 0) is 18.4 Å². The highest BCUT2D eigenvalue weighted by atomic mass is 31.2. The molecule has 3 N–H and O–H groups in total. The fourth-order valence-electron chi connectivity index (χ4n) is 5.87. The average molecular weight is 756 g/mol. The van der Waals surface area contributed by atoms with Gasteiger partial charge in [0, 0.05) is 6.42 Å². The van der Waals surface area contributed by atoms with Gasteiger partial charge >= 0.3 is 7.82 Å². The van der Waals surface area contributed by atoms with Crippen molar-refractivity contribution in [2.45, 2.75) is 193 Å². The van der Waals surface area contributed by atoms with Gasteiger partial charge < -0.3 is 19.8 Å². The number of carbonyl (C=O) groups excluding carboxylic acids is 1. The number of amides is 1. The lowest BCUT2D eigenvalue weighted by molar-refractivity contribution is -0.870. The summed E-state index contributed by atoms with van der Waals surface area (Å²) in [6, 6.07) is -0.864. The summed E-state index contributed by atoms with van der Waals surface area (Å²) in [7, 11) is 1.55. The predicted molar refractivity (Wildman–Crippen MR) is 221 cm³/mol. The number of nitrogens with zero attached hydrogens (tertiary/aromatic N) is 1. The second-order valence-corrected chi connectivity index (χ2v) is 17.2. The lowest BCUT2D eigenvalue weighted by Crippen LogP contribution is -2.45. The van der Waals surface area contributed by atoms with E-state index in [1.165, 1.54) is 109 Å². The number of phosphoric ester groups is 1. The Hall–Kier alpha value is -1.28. The van der Waals surface area contributed by atoms with Crippen LogP contribution in [0.3, 0.4) is 0 Å². The van der Waals surface area contributed by atoms with Crippen molar-refractivity contribution in [2.75, 3.05) is 40.9 Å². The number of quaternary nitrogens is 1. The highest BCUT2D eigenvalue weighted by molar-refractivity contribution is 7.47. The number of nitrogens with one attached hydrogen (secondary N) is 1. The molecule has 8 nitrogen and oxygen atoms in total. The van der Waals surface area contributed by atoms with Gasteiger partial charge in [0.15, 0.2) is 0 Å². The Morgan fingerprint density at radius 2 is 1.06 bits per heavy atom. The average Bonchev–Trinajstić information content (AvgIpc) is 3.09. The summed E-state index contributed by atoms with van der Waals surface area (Å²) in [6.07, 6.45) is 42.1. The van der Waals surface area contributed by atoms with Crippen LogP contribution in [-0.4, -0.2) is 73.4 Å². The zero-order valence-electron chi connectivity index (χ0n) is 34.5. The van der Waals surface area contributed by atoms with Gasteiger partial charge in [-0.2, -0.15) is 0 Å². The molecule has 0 saturated heterocycles. The molecule has 9 heteroatoms. The molecule has 0 spiro atoms. The van der Waals surface area contributed by atoms with Crippen LogP contribution in [0.4, 0.5) is 0 Å². The van der Waals surface area contributed by atoms with Crippen molar-refractivity contribution in [2.24, 2.45) is 0 Å². The summed E-state index contributed by atoms with van der Waals surface area (Å²) >= 11 is 0. The van der Waals surface area contributed by atoms with Crippen LogP contribution in [0.25, 0.3) is 0 Å². The number of rotatable bonds is 38. The van der Waals surface area contributed by atoms with E-state index in [1.807, 2.05) is 27.2 Å². The first-order chi connectivity index (χ1) is 25.0. The molecule has 0 aliphatic heterocycles. The predicted octanol–water partition coefficient (Wildman–Crippen LogP) is 11.5.